The highest BCUT2D eigenvalue weighted by molar-refractivity contribution is 5.99. The molecule has 31 heavy (non-hydrogen) atoms. The van der Waals surface area contributed by atoms with Crippen LogP contribution in [0.2, 0.25) is 0 Å². The van der Waals surface area contributed by atoms with Crippen LogP contribution in [0.5, 0.6) is 5.75 Å². The van der Waals surface area contributed by atoms with E-state index in [0.29, 0.717) is 25.5 Å². The van der Waals surface area contributed by atoms with E-state index in [9.17, 15) is 28.3 Å². The molecular formula is C21H22F2N4O4. The molecule has 2 heterocycles. The molecule has 0 fully saturated rings. The van der Waals surface area contributed by atoms with Crippen molar-refractivity contribution in [3.05, 3.63) is 75.7 Å². The summed E-state index contributed by atoms with van der Waals surface area (Å²) in [5, 5.41) is 14.5. The van der Waals surface area contributed by atoms with Gasteiger partial charge in [-0.3, -0.25) is 24.1 Å². The molecule has 0 aliphatic carbocycles. The van der Waals surface area contributed by atoms with Gasteiger partial charge in [-0.05, 0) is 18.9 Å². The zero-order valence-corrected chi connectivity index (χ0v) is 16.9. The van der Waals surface area contributed by atoms with Crippen molar-refractivity contribution in [3.63, 3.8) is 0 Å². The molecule has 0 radical (unpaired) electrons. The first-order chi connectivity index (χ1) is 14.7. The standard InChI is InChI=1S/C21H22F2N4O4/c1-3-4-5-8-26-12-25(2)21(31)17-19(29)18(28)15(11-27(17)26)20(30)24-10-13-6-7-14(22)9-16(13)23/h3,6-7,9,11,29H,1,4-5,8,10,12H2,2H3,(H,24,30). The normalized spacial score (nSPS) is 13.2. The fourth-order valence-corrected chi connectivity index (χ4v) is 3.26. The minimum Gasteiger partial charge on any atom is -0.502 e. The third kappa shape index (κ3) is 4.42. The van der Waals surface area contributed by atoms with Crippen molar-refractivity contribution < 1.29 is 23.5 Å². The van der Waals surface area contributed by atoms with Crippen molar-refractivity contribution in [1.29, 1.82) is 0 Å². The van der Waals surface area contributed by atoms with Gasteiger partial charge in [0, 0.05) is 38.0 Å². The predicted octanol–water partition coefficient (Wildman–Crippen LogP) is 1.71. The lowest BCUT2D eigenvalue weighted by atomic mass is 10.1. The smallest absolute Gasteiger partial charge is 0.277 e. The first-order valence-electron chi connectivity index (χ1n) is 9.57. The van der Waals surface area contributed by atoms with Gasteiger partial charge in [0.25, 0.3) is 11.8 Å². The Kier molecular flexibility index (Phi) is 6.38. The van der Waals surface area contributed by atoms with Crippen molar-refractivity contribution in [3.8, 4) is 5.75 Å². The van der Waals surface area contributed by atoms with Crippen LogP contribution in [-0.2, 0) is 6.54 Å². The number of benzene rings is 1. The van der Waals surface area contributed by atoms with Gasteiger partial charge in [0.15, 0.2) is 11.4 Å². The van der Waals surface area contributed by atoms with Crippen LogP contribution in [-0.4, -0.2) is 46.8 Å². The molecule has 2 aromatic rings. The summed E-state index contributed by atoms with van der Waals surface area (Å²) in [6.45, 7) is 4.03. The van der Waals surface area contributed by atoms with Crippen molar-refractivity contribution in [2.45, 2.75) is 19.4 Å². The van der Waals surface area contributed by atoms with Gasteiger partial charge in [0.2, 0.25) is 5.43 Å². The van der Waals surface area contributed by atoms with E-state index in [1.54, 1.807) is 11.1 Å². The first kappa shape index (κ1) is 22.0. The molecule has 10 heteroatoms. The second-order valence-corrected chi connectivity index (χ2v) is 7.14. The van der Waals surface area contributed by atoms with E-state index in [4.69, 9.17) is 0 Å². The minimum atomic E-state index is -1.02. The highest BCUT2D eigenvalue weighted by Crippen LogP contribution is 2.21. The topological polar surface area (TPSA) is 94.9 Å². The molecule has 0 spiro atoms. The summed E-state index contributed by atoms with van der Waals surface area (Å²) in [6, 6.07) is 2.91. The molecule has 1 aromatic heterocycles. The molecule has 3 rings (SSSR count). The molecule has 1 aromatic carbocycles. The summed E-state index contributed by atoms with van der Waals surface area (Å²) in [7, 11) is 1.54. The summed E-state index contributed by atoms with van der Waals surface area (Å²) >= 11 is 0. The average Bonchev–Trinajstić information content (AvgIpc) is 2.72. The Morgan fingerprint density at radius 3 is 2.74 bits per heavy atom. The van der Waals surface area contributed by atoms with Gasteiger partial charge >= 0.3 is 0 Å². The van der Waals surface area contributed by atoms with E-state index in [1.807, 2.05) is 0 Å². The number of hydrogen-bond donors (Lipinski definition) is 2. The summed E-state index contributed by atoms with van der Waals surface area (Å²) < 4.78 is 28.1. The van der Waals surface area contributed by atoms with Gasteiger partial charge in [0.1, 0.15) is 23.9 Å². The number of pyridine rings is 1. The van der Waals surface area contributed by atoms with Crippen LogP contribution in [0.25, 0.3) is 0 Å². The zero-order chi connectivity index (χ0) is 22.7. The molecule has 2 N–H and O–H groups in total. The molecular weight excluding hydrogens is 410 g/mol. The van der Waals surface area contributed by atoms with Crippen LogP contribution in [0.4, 0.5) is 8.78 Å². The number of fused-ring (bicyclic) bond motifs is 1. The van der Waals surface area contributed by atoms with Crippen LogP contribution in [0.15, 0.2) is 41.8 Å². The highest BCUT2D eigenvalue weighted by atomic mass is 19.1. The number of nitrogens with one attached hydrogen (secondary N) is 1. The second kappa shape index (κ2) is 8.99. The van der Waals surface area contributed by atoms with E-state index >= 15 is 0 Å². The quantitative estimate of drug-likeness (QED) is 0.513. The number of aromatic hydroxyl groups is 1. The first-order valence-corrected chi connectivity index (χ1v) is 9.57. The van der Waals surface area contributed by atoms with Gasteiger partial charge in [0.05, 0.1) is 0 Å². The number of carbonyl (C=O) groups is 2. The molecule has 0 unspecified atom stereocenters. The van der Waals surface area contributed by atoms with E-state index in [1.165, 1.54) is 28.9 Å². The number of allylic oxidation sites excluding steroid dienone is 1. The Morgan fingerprint density at radius 1 is 1.32 bits per heavy atom. The van der Waals surface area contributed by atoms with Crippen molar-refractivity contribution in [2.24, 2.45) is 0 Å². The van der Waals surface area contributed by atoms with Crippen LogP contribution in [0.3, 0.4) is 0 Å². The van der Waals surface area contributed by atoms with Crippen LogP contribution in [0.1, 0.15) is 39.3 Å². The van der Waals surface area contributed by atoms with Gasteiger partial charge < -0.3 is 15.3 Å². The van der Waals surface area contributed by atoms with Crippen molar-refractivity contribution >= 4 is 11.8 Å². The third-order valence-corrected chi connectivity index (χ3v) is 4.92. The number of rotatable bonds is 7. The summed E-state index contributed by atoms with van der Waals surface area (Å²) in [5.74, 6) is -3.86. The van der Waals surface area contributed by atoms with Gasteiger partial charge in [-0.15, -0.1) is 6.58 Å². The maximum absolute atomic E-state index is 13.8. The number of hydrogen-bond acceptors (Lipinski definition) is 5. The molecule has 0 saturated heterocycles. The number of aromatic nitrogens is 1. The lowest BCUT2D eigenvalue weighted by Crippen LogP contribution is -2.53. The second-order valence-electron chi connectivity index (χ2n) is 7.14. The molecule has 2 amide bonds. The minimum absolute atomic E-state index is 0.0277. The Bertz CT molecular complexity index is 1100. The van der Waals surface area contributed by atoms with E-state index in [-0.39, 0.29) is 24.5 Å². The van der Waals surface area contributed by atoms with E-state index < -0.39 is 40.2 Å². The zero-order valence-electron chi connectivity index (χ0n) is 16.9. The summed E-state index contributed by atoms with van der Waals surface area (Å²) in [5.41, 5.74) is -1.63. The molecule has 8 nitrogen and oxygen atoms in total. The SMILES string of the molecule is C=CCCCN1CN(C)C(=O)c2c(O)c(=O)c(C(=O)NCc3ccc(F)cc3F)cn21. The molecule has 1 aliphatic heterocycles. The Balaban J connectivity index is 1.92. The number of nitrogens with zero attached hydrogens (tertiary/aromatic N) is 3. The largest absolute Gasteiger partial charge is 0.502 e. The highest BCUT2D eigenvalue weighted by Gasteiger charge is 2.32. The Labute approximate surface area is 177 Å². The van der Waals surface area contributed by atoms with Crippen molar-refractivity contribution in [2.75, 3.05) is 25.3 Å². The molecule has 0 bridgehead atoms. The lowest BCUT2D eigenvalue weighted by Gasteiger charge is -2.38. The lowest BCUT2D eigenvalue weighted by molar-refractivity contribution is 0.0731. The molecule has 1 aliphatic rings. The van der Waals surface area contributed by atoms with Crippen LogP contribution in [0, 0.1) is 11.6 Å². The van der Waals surface area contributed by atoms with Crippen molar-refractivity contribution in [1.82, 2.24) is 14.9 Å². The summed E-state index contributed by atoms with van der Waals surface area (Å²) in [6.07, 6.45) is 4.35. The fourth-order valence-electron chi connectivity index (χ4n) is 3.26. The molecule has 164 valence electrons. The Morgan fingerprint density at radius 2 is 2.06 bits per heavy atom. The average molecular weight is 432 g/mol. The van der Waals surface area contributed by atoms with E-state index in [0.717, 1.165) is 6.07 Å². The molecule has 0 atom stereocenters. The maximum atomic E-state index is 13.8. The molecule has 0 saturated carbocycles. The maximum Gasteiger partial charge on any atom is 0.277 e. The fraction of sp³-hybridized carbons (Fsp3) is 0.286. The summed E-state index contributed by atoms with van der Waals surface area (Å²) in [4.78, 5) is 39.0. The Hall–Kier alpha value is -3.69. The van der Waals surface area contributed by atoms with Gasteiger partial charge in [-0.1, -0.05) is 12.1 Å². The van der Waals surface area contributed by atoms with Gasteiger partial charge in [-0.25, -0.2) is 8.78 Å². The van der Waals surface area contributed by atoms with Crippen LogP contribution >= 0.6 is 0 Å². The number of carbonyl (C=O) groups excluding carboxylic acids is 2. The van der Waals surface area contributed by atoms with Crippen LogP contribution < -0.4 is 15.8 Å². The van der Waals surface area contributed by atoms with E-state index in [2.05, 4.69) is 11.9 Å². The number of unbranched alkanes of at least 4 members (excludes halogenated alkanes) is 1. The third-order valence-electron chi connectivity index (χ3n) is 4.92. The number of amides is 2. The van der Waals surface area contributed by atoms with Gasteiger partial charge in [-0.2, -0.15) is 0 Å². The number of halogens is 2. The monoisotopic (exact) mass is 432 g/mol. The predicted molar refractivity (Wildman–Crippen MR) is 109 cm³/mol.